The highest BCUT2D eigenvalue weighted by molar-refractivity contribution is 7.85. The Morgan fingerprint density at radius 1 is 1.19 bits per heavy atom. The van der Waals surface area contributed by atoms with E-state index in [0.717, 1.165) is 49.5 Å². The lowest BCUT2D eigenvalue weighted by atomic mass is 9.95. The van der Waals surface area contributed by atoms with Gasteiger partial charge in [0.05, 0.1) is 12.8 Å². The van der Waals surface area contributed by atoms with Gasteiger partial charge in [-0.3, -0.25) is 9.00 Å². The van der Waals surface area contributed by atoms with Crippen molar-refractivity contribution in [1.29, 1.82) is 0 Å². The molecule has 1 aromatic heterocycles. The van der Waals surface area contributed by atoms with Crippen LogP contribution in [0.4, 0.5) is 5.69 Å². The van der Waals surface area contributed by atoms with Crippen molar-refractivity contribution in [2.75, 3.05) is 17.6 Å². The van der Waals surface area contributed by atoms with Crippen molar-refractivity contribution in [2.24, 2.45) is 4.99 Å². The highest BCUT2D eigenvalue weighted by Gasteiger charge is 2.26. The summed E-state index contributed by atoms with van der Waals surface area (Å²) in [6.07, 6.45) is 5.62. The Kier molecular flexibility index (Phi) is 8.70. The molecule has 0 aliphatic heterocycles. The van der Waals surface area contributed by atoms with Gasteiger partial charge in [-0.25, -0.2) is 4.99 Å². The standard InChI is InChI=1S/C23H32N4O3S/c1-3-24-23(27-19-7-5-8-20(15-19)31(29)4-2)25-16-17-10-12-18(13-11-17)26-22(28)21-9-6-14-30-21/h6,9-14,19-20H,3-5,7-8,15-16H2,1-2H3,(H,26,28)(H2,24,25,27). The summed E-state index contributed by atoms with van der Waals surface area (Å²) in [6, 6.07) is 11.2. The van der Waals surface area contributed by atoms with E-state index in [2.05, 4.69) is 16.0 Å². The number of hydrogen-bond donors (Lipinski definition) is 3. The van der Waals surface area contributed by atoms with Gasteiger partial charge in [-0.05, 0) is 56.0 Å². The molecule has 7 nitrogen and oxygen atoms in total. The Labute approximate surface area is 186 Å². The molecule has 0 bridgehead atoms. The summed E-state index contributed by atoms with van der Waals surface area (Å²) in [5, 5.41) is 9.92. The van der Waals surface area contributed by atoms with Crippen molar-refractivity contribution < 1.29 is 13.4 Å². The van der Waals surface area contributed by atoms with Crippen LogP contribution in [0.25, 0.3) is 0 Å². The van der Waals surface area contributed by atoms with E-state index < -0.39 is 10.8 Å². The van der Waals surface area contributed by atoms with Crippen molar-refractivity contribution in [3.63, 3.8) is 0 Å². The second kappa shape index (κ2) is 11.7. The summed E-state index contributed by atoms with van der Waals surface area (Å²) in [7, 11) is -0.739. The number of nitrogens with one attached hydrogen (secondary N) is 3. The van der Waals surface area contributed by atoms with Gasteiger partial charge in [0.1, 0.15) is 0 Å². The third-order valence-corrected chi connectivity index (χ3v) is 7.08. The maximum Gasteiger partial charge on any atom is 0.291 e. The zero-order chi connectivity index (χ0) is 22.1. The van der Waals surface area contributed by atoms with Crippen LogP contribution in [0.3, 0.4) is 0 Å². The molecule has 1 fully saturated rings. The molecular weight excluding hydrogens is 412 g/mol. The summed E-state index contributed by atoms with van der Waals surface area (Å²) in [6.45, 7) is 5.34. The zero-order valence-corrected chi connectivity index (χ0v) is 19.0. The number of furan rings is 1. The number of carbonyl (C=O) groups is 1. The van der Waals surface area contributed by atoms with Gasteiger partial charge in [0.25, 0.3) is 5.91 Å². The predicted octanol–water partition coefficient (Wildman–Crippen LogP) is 3.67. The number of carbonyl (C=O) groups excluding carboxylic acids is 1. The van der Waals surface area contributed by atoms with E-state index in [9.17, 15) is 9.00 Å². The summed E-state index contributed by atoms with van der Waals surface area (Å²) >= 11 is 0. The van der Waals surface area contributed by atoms with Crippen LogP contribution < -0.4 is 16.0 Å². The van der Waals surface area contributed by atoms with Crippen LogP contribution in [0.2, 0.25) is 0 Å². The topological polar surface area (TPSA) is 95.7 Å². The van der Waals surface area contributed by atoms with Gasteiger partial charge in [0, 0.05) is 40.1 Å². The third-order valence-electron chi connectivity index (χ3n) is 5.34. The molecule has 3 N–H and O–H groups in total. The van der Waals surface area contributed by atoms with E-state index in [-0.39, 0.29) is 16.9 Å². The number of guanidine groups is 1. The Morgan fingerprint density at radius 2 is 2.00 bits per heavy atom. The molecule has 8 heteroatoms. The summed E-state index contributed by atoms with van der Waals surface area (Å²) in [5.74, 6) is 1.52. The Balaban J connectivity index is 1.56. The number of rotatable bonds is 8. The van der Waals surface area contributed by atoms with Gasteiger partial charge in [-0.15, -0.1) is 0 Å². The molecule has 1 aliphatic carbocycles. The lowest BCUT2D eigenvalue weighted by molar-refractivity contribution is 0.0996. The third kappa shape index (κ3) is 6.95. The molecule has 1 amide bonds. The second-order valence-electron chi connectivity index (χ2n) is 7.62. The van der Waals surface area contributed by atoms with Gasteiger partial charge in [0.2, 0.25) is 0 Å². The van der Waals surface area contributed by atoms with E-state index in [1.54, 1.807) is 12.1 Å². The summed E-state index contributed by atoms with van der Waals surface area (Å²) in [5.41, 5.74) is 1.75. The van der Waals surface area contributed by atoms with Crippen molar-refractivity contribution >= 4 is 28.4 Å². The van der Waals surface area contributed by atoms with Crippen LogP contribution in [0.1, 0.15) is 55.6 Å². The summed E-state index contributed by atoms with van der Waals surface area (Å²) in [4.78, 5) is 16.8. The summed E-state index contributed by atoms with van der Waals surface area (Å²) < 4.78 is 17.3. The minimum atomic E-state index is -0.739. The molecule has 31 heavy (non-hydrogen) atoms. The van der Waals surface area contributed by atoms with Crippen molar-refractivity contribution in [1.82, 2.24) is 10.6 Å². The van der Waals surface area contributed by atoms with Gasteiger partial charge in [0.15, 0.2) is 11.7 Å². The minimum Gasteiger partial charge on any atom is -0.459 e. The van der Waals surface area contributed by atoms with E-state index in [0.29, 0.717) is 18.3 Å². The number of hydrogen-bond acceptors (Lipinski definition) is 4. The molecule has 3 unspecified atom stereocenters. The van der Waals surface area contributed by atoms with Crippen LogP contribution in [0.15, 0.2) is 52.1 Å². The average Bonchev–Trinajstić information content (AvgIpc) is 3.33. The largest absolute Gasteiger partial charge is 0.459 e. The molecule has 0 spiro atoms. The minimum absolute atomic E-state index is 0.274. The maximum absolute atomic E-state index is 12.2. The molecule has 2 aromatic rings. The normalized spacial score (nSPS) is 20.1. The van der Waals surface area contributed by atoms with Crippen molar-refractivity contribution in [3.05, 3.63) is 54.0 Å². The second-order valence-corrected chi connectivity index (χ2v) is 9.63. The van der Waals surface area contributed by atoms with E-state index >= 15 is 0 Å². The molecule has 1 saturated carbocycles. The molecule has 0 saturated heterocycles. The monoisotopic (exact) mass is 444 g/mol. The first-order chi connectivity index (χ1) is 15.1. The first-order valence-corrected chi connectivity index (χ1v) is 12.3. The molecule has 3 rings (SSSR count). The molecule has 3 atom stereocenters. The quantitative estimate of drug-likeness (QED) is 0.427. The Hall–Kier alpha value is -2.61. The number of benzene rings is 1. The van der Waals surface area contributed by atoms with Gasteiger partial charge >= 0.3 is 0 Å². The maximum atomic E-state index is 12.2. The molecule has 168 valence electrons. The highest BCUT2D eigenvalue weighted by atomic mass is 32.2. The average molecular weight is 445 g/mol. The number of aliphatic imine (C=N–C) groups is 1. The Morgan fingerprint density at radius 3 is 2.68 bits per heavy atom. The van der Waals surface area contributed by atoms with Gasteiger partial charge < -0.3 is 20.4 Å². The lowest BCUT2D eigenvalue weighted by Crippen LogP contribution is -2.46. The lowest BCUT2D eigenvalue weighted by Gasteiger charge is -2.30. The van der Waals surface area contributed by atoms with Crippen LogP contribution in [-0.2, 0) is 17.3 Å². The molecular formula is C23H32N4O3S. The molecule has 0 radical (unpaired) electrons. The fourth-order valence-electron chi connectivity index (χ4n) is 3.73. The number of amides is 1. The van der Waals surface area contributed by atoms with Crippen LogP contribution >= 0.6 is 0 Å². The van der Waals surface area contributed by atoms with Gasteiger partial charge in [-0.1, -0.05) is 25.5 Å². The number of anilines is 1. The predicted molar refractivity (Wildman–Crippen MR) is 126 cm³/mol. The van der Waals surface area contributed by atoms with Crippen LogP contribution in [0, 0.1) is 0 Å². The highest BCUT2D eigenvalue weighted by Crippen LogP contribution is 2.23. The van der Waals surface area contributed by atoms with Crippen molar-refractivity contribution in [2.45, 2.75) is 57.4 Å². The first-order valence-electron chi connectivity index (χ1n) is 10.9. The van der Waals surface area contributed by atoms with Gasteiger partial charge in [-0.2, -0.15) is 0 Å². The van der Waals surface area contributed by atoms with E-state index in [4.69, 9.17) is 9.41 Å². The fourth-order valence-corrected chi connectivity index (χ4v) is 5.08. The SMILES string of the molecule is CCNC(=NCc1ccc(NC(=O)c2ccco2)cc1)NC1CCCC(S(=O)CC)C1. The van der Waals surface area contributed by atoms with Crippen molar-refractivity contribution in [3.8, 4) is 0 Å². The zero-order valence-electron chi connectivity index (χ0n) is 18.2. The number of nitrogens with zero attached hydrogens (tertiary/aromatic N) is 1. The van der Waals surface area contributed by atoms with Crippen LogP contribution in [0.5, 0.6) is 0 Å². The smallest absolute Gasteiger partial charge is 0.291 e. The Bertz CT molecular complexity index is 881. The first kappa shape index (κ1) is 23.1. The fraction of sp³-hybridized carbons (Fsp3) is 0.478. The van der Waals surface area contributed by atoms with E-state index in [1.807, 2.05) is 38.1 Å². The molecule has 1 heterocycles. The molecule has 1 aromatic carbocycles. The molecule has 1 aliphatic rings. The van der Waals surface area contributed by atoms with E-state index in [1.165, 1.54) is 6.26 Å². The van der Waals surface area contributed by atoms with Crippen LogP contribution in [-0.4, -0.2) is 39.7 Å².